The van der Waals surface area contributed by atoms with Crippen molar-refractivity contribution in [2.75, 3.05) is 18.8 Å². The average molecular weight is 396 g/mol. The van der Waals surface area contributed by atoms with Crippen LogP contribution < -0.4 is 0 Å². The lowest BCUT2D eigenvalue weighted by atomic mass is 10.0. The molecule has 1 aliphatic rings. The minimum absolute atomic E-state index is 0.404. The number of benzene rings is 1. The van der Waals surface area contributed by atoms with Gasteiger partial charge in [-0.2, -0.15) is 16.1 Å². The van der Waals surface area contributed by atoms with E-state index in [1.54, 1.807) is 15.6 Å². The summed E-state index contributed by atoms with van der Waals surface area (Å²) in [5.41, 5.74) is 3.86. The minimum atomic E-state index is -3.46. The smallest absolute Gasteiger partial charge is 0.207 e. The number of thiophene rings is 1. The fraction of sp³-hybridized carbons (Fsp3) is 0.474. The van der Waals surface area contributed by atoms with E-state index in [1.807, 2.05) is 39.5 Å². The van der Waals surface area contributed by atoms with Gasteiger partial charge in [-0.05, 0) is 67.8 Å². The summed E-state index contributed by atoms with van der Waals surface area (Å²) in [6, 6.07) is 6.31. The summed E-state index contributed by atoms with van der Waals surface area (Å²) in [7, 11) is -3.46. The number of hydrogen-bond acceptors (Lipinski definition) is 4. The highest BCUT2D eigenvalue weighted by Crippen LogP contribution is 2.38. The molecular weight excluding hydrogens is 370 g/mol. The average Bonchev–Trinajstić information content (AvgIpc) is 2.97. The van der Waals surface area contributed by atoms with E-state index in [1.165, 1.54) is 4.88 Å². The maximum Gasteiger partial charge on any atom is 0.243 e. The van der Waals surface area contributed by atoms with Crippen LogP contribution in [0.15, 0.2) is 28.5 Å². The summed E-state index contributed by atoms with van der Waals surface area (Å²) in [4.78, 5) is 1.87. The molecule has 1 aromatic heterocycles. The molecule has 1 aromatic carbocycles. The Morgan fingerprint density at radius 2 is 1.76 bits per heavy atom. The highest BCUT2D eigenvalue weighted by molar-refractivity contribution is 7.99. The van der Waals surface area contributed by atoms with Gasteiger partial charge in [0.1, 0.15) is 0 Å². The lowest BCUT2D eigenvalue weighted by molar-refractivity contribution is 0.427. The first kappa shape index (κ1) is 19.0. The molecule has 1 fully saturated rings. The summed E-state index contributed by atoms with van der Waals surface area (Å²) in [6.07, 6.45) is 0.868. The summed E-state index contributed by atoms with van der Waals surface area (Å²) >= 11 is 3.64. The normalized spacial score (nSPS) is 19.8. The number of rotatable bonds is 3. The van der Waals surface area contributed by atoms with Crippen molar-refractivity contribution in [3.63, 3.8) is 0 Å². The molecule has 6 heteroatoms. The SMILES string of the molecule is Cc1cc(C)c(C)c(S(=O)(=O)N2CCSC(c3cccs3)CC2)c1C. The second-order valence-electron chi connectivity index (χ2n) is 6.66. The predicted octanol–water partition coefficient (Wildman–Crippen LogP) is 4.85. The molecule has 25 heavy (non-hydrogen) atoms. The maximum atomic E-state index is 13.4. The van der Waals surface area contributed by atoms with Gasteiger partial charge in [-0.1, -0.05) is 12.1 Å². The number of thioether (sulfide) groups is 1. The quantitative estimate of drug-likeness (QED) is 0.745. The summed E-state index contributed by atoms with van der Waals surface area (Å²) in [6.45, 7) is 9.01. The van der Waals surface area contributed by atoms with Gasteiger partial charge in [0.15, 0.2) is 0 Å². The monoisotopic (exact) mass is 395 g/mol. The molecule has 2 heterocycles. The van der Waals surface area contributed by atoms with Crippen LogP contribution in [-0.2, 0) is 10.0 Å². The summed E-state index contributed by atoms with van der Waals surface area (Å²) in [5.74, 6) is 0.838. The maximum absolute atomic E-state index is 13.4. The number of hydrogen-bond donors (Lipinski definition) is 0. The molecular formula is C19H25NO2S3. The molecule has 0 saturated carbocycles. The highest BCUT2D eigenvalue weighted by Gasteiger charge is 2.31. The Morgan fingerprint density at radius 1 is 1.08 bits per heavy atom. The molecule has 0 bridgehead atoms. The molecule has 0 spiro atoms. The fourth-order valence-corrected chi connectivity index (χ4v) is 7.77. The van der Waals surface area contributed by atoms with E-state index >= 15 is 0 Å². The number of aryl methyl sites for hydroxylation is 2. The van der Waals surface area contributed by atoms with Crippen LogP contribution in [0, 0.1) is 27.7 Å². The number of sulfonamides is 1. The zero-order valence-electron chi connectivity index (χ0n) is 15.2. The molecule has 2 aromatic rings. The molecule has 1 unspecified atom stereocenters. The molecule has 3 rings (SSSR count). The van der Waals surface area contributed by atoms with E-state index in [2.05, 4.69) is 23.6 Å². The Bertz CT molecular complexity index is 831. The van der Waals surface area contributed by atoms with Crippen molar-refractivity contribution in [1.29, 1.82) is 0 Å². The van der Waals surface area contributed by atoms with Gasteiger partial charge in [0.05, 0.1) is 4.90 Å². The zero-order chi connectivity index (χ0) is 18.2. The van der Waals surface area contributed by atoms with Gasteiger partial charge >= 0.3 is 0 Å². The summed E-state index contributed by atoms with van der Waals surface area (Å²) < 4.78 is 28.5. The molecule has 0 amide bonds. The minimum Gasteiger partial charge on any atom is -0.207 e. The van der Waals surface area contributed by atoms with Crippen LogP contribution >= 0.6 is 23.1 Å². The molecule has 136 valence electrons. The molecule has 0 N–H and O–H groups in total. The standard InChI is InChI=1S/C19H25NO2S3/c1-13-12-14(2)16(4)19(15(13)3)25(21,22)20-8-7-18(24-11-9-20)17-6-5-10-23-17/h5-6,10,12,18H,7-9,11H2,1-4H3. The van der Waals surface area contributed by atoms with Crippen LogP contribution in [-0.4, -0.2) is 31.6 Å². The molecule has 0 aliphatic carbocycles. The van der Waals surface area contributed by atoms with E-state index < -0.39 is 10.0 Å². The lowest BCUT2D eigenvalue weighted by Crippen LogP contribution is -2.34. The molecule has 1 saturated heterocycles. The first-order valence-electron chi connectivity index (χ1n) is 8.55. The lowest BCUT2D eigenvalue weighted by Gasteiger charge is -2.24. The van der Waals surface area contributed by atoms with E-state index in [9.17, 15) is 8.42 Å². The third-order valence-corrected chi connectivity index (χ3v) is 9.67. The van der Waals surface area contributed by atoms with E-state index in [4.69, 9.17) is 0 Å². The van der Waals surface area contributed by atoms with Gasteiger partial charge in [0.2, 0.25) is 10.0 Å². The molecule has 1 aliphatic heterocycles. The van der Waals surface area contributed by atoms with Gasteiger partial charge in [-0.15, -0.1) is 11.3 Å². The Hall–Kier alpha value is -0.820. The topological polar surface area (TPSA) is 37.4 Å². The first-order valence-corrected chi connectivity index (χ1v) is 11.9. The van der Waals surface area contributed by atoms with E-state index in [0.717, 1.165) is 34.4 Å². The fourth-order valence-electron chi connectivity index (χ4n) is 3.39. The Kier molecular flexibility index (Phi) is 5.63. The van der Waals surface area contributed by atoms with Crippen molar-refractivity contribution < 1.29 is 8.42 Å². The van der Waals surface area contributed by atoms with Crippen LogP contribution in [0.25, 0.3) is 0 Å². The van der Waals surface area contributed by atoms with Gasteiger partial charge in [0.25, 0.3) is 0 Å². The van der Waals surface area contributed by atoms with Crippen molar-refractivity contribution in [1.82, 2.24) is 4.31 Å². The van der Waals surface area contributed by atoms with Gasteiger partial charge < -0.3 is 0 Å². The van der Waals surface area contributed by atoms with Crippen molar-refractivity contribution in [3.05, 3.63) is 50.7 Å². The van der Waals surface area contributed by atoms with Crippen LogP contribution in [0.3, 0.4) is 0 Å². The van der Waals surface area contributed by atoms with Crippen molar-refractivity contribution in [2.45, 2.75) is 44.3 Å². The Labute approximate surface area is 159 Å². The second kappa shape index (κ2) is 7.43. The van der Waals surface area contributed by atoms with Crippen molar-refractivity contribution in [3.8, 4) is 0 Å². The largest absolute Gasteiger partial charge is 0.243 e. The molecule has 0 radical (unpaired) electrons. The van der Waals surface area contributed by atoms with Gasteiger partial charge in [0, 0.05) is 29.0 Å². The second-order valence-corrected chi connectivity index (χ2v) is 10.8. The van der Waals surface area contributed by atoms with E-state index in [-0.39, 0.29) is 0 Å². The third kappa shape index (κ3) is 3.68. The van der Waals surface area contributed by atoms with E-state index in [0.29, 0.717) is 23.2 Å². The third-order valence-electron chi connectivity index (χ3n) is 5.06. The Balaban J connectivity index is 1.91. The van der Waals surface area contributed by atoms with Gasteiger partial charge in [-0.3, -0.25) is 0 Å². The van der Waals surface area contributed by atoms with Crippen molar-refractivity contribution >= 4 is 33.1 Å². The Morgan fingerprint density at radius 3 is 2.36 bits per heavy atom. The van der Waals surface area contributed by atoms with Crippen LogP contribution in [0.1, 0.15) is 38.8 Å². The first-order chi connectivity index (χ1) is 11.8. The molecule has 3 nitrogen and oxygen atoms in total. The number of nitrogens with zero attached hydrogens (tertiary/aromatic N) is 1. The summed E-state index contributed by atoms with van der Waals surface area (Å²) in [5, 5.41) is 2.50. The van der Waals surface area contributed by atoms with Crippen LogP contribution in [0.5, 0.6) is 0 Å². The zero-order valence-corrected chi connectivity index (χ0v) is 17.7. The van der Waals surface area contributed by atoms with Crippen LogP contribution in [0.4, 0.5) is 0 Å². The van der Waals surface area contributed by atoms with Crippen molar-refractivity contribution in [2.24, 2.45) is 0 Å². The highest BCUT2D eigenvalue weighted by atomic mass is 32.2. The van der Waals surface area contributed by atoms with Gasteiger partial charge in [-0.25, -0.2) is 8.42 Å². The molecule has 1 atom stereocenters. The van der Waals surface area contributed by atoms with Crippen LogP contribution in [0.2, 0.25) is 0 Å². The predicted molar refractivity (Wildman–Crippen MR) is 108 cm³/mol.